The summed E-state index contributed by atoms with van der Waals surface area (Å²) in [5.41, 5.74) is 0. The van der Waals surface area contributed by atoms with Crippen LogP contribution in [0.25, 0.3) is 0 Å². The third kappa shape index (κ3) is 14.4. The van der Waals surface area contributed by atoms with Crippen LogP contribution in [-0.4, -0.2) is 295 Å². The Morgan fingerprint density at radius 2 is 0.692 bits per heavy atom. The van der Waals surface area contributed by atoms with E-state index in [4.69, 9.17) is 52.1 Å². The molecule has 6 aliphatic rings. The highest BCUT2D eigenvalue weighted by molar-refractivity contribution is 5.74. The van der Waals surface area contributed by atoms with Gasteiger partial charge in [0, 0.05) is 39.5 Å². The topological polar surface area (TPSA) is 481 Å². The van der Waals surface area contributed by atoms with Gasteiger partial charge < -0.3 is 140 Å². The maximum Gasteiger partial charge on any atom is 0.217 e. The maximum absolute atomic E-state index is 12.8. The molecule has 30 atom stereocenters. The molecule has 78 heavy (non-hydrogen) atoms. The van der Waals surface area contributed by atoms with Crippen LogP contribution in [0, 0.1) is 11.8 Å². The van der Waals surface area contributed by atoms with Gasteiger partial charge in [0.25, 0.3) is 0 Å². The zero-order chi connectivity index (χ0) is 57.8. The molecule has 0 bridgehead atoms. The van der Waals surface area contributed by atoms with Crippen molar-refractivity contribution in [3.05, 3.63) is 0 Å². The highest BCUT2D eigenvalue weighted by Crippen LogP contribution is 2.37. The molecule has 0 spiro atoms. The van der Waals surface area contributed by atoms with Gasteiger partial charge in [-0.1, -0.05) is 13.8 Å². The van der Waals surface area contributed by atoms with Crippen molar-refractivity contribution < 1.29 is 138 Å². The van der Waals surface area contributed by atoms with Gasteiger partial charge in [-0.3, -0.25) is 19.2 Å². The summed E-state index contributed by atoms with van der Waals surface area (Å²) >= 11 is 0. The fraction of sp³-hybridized carbons (Fsp3) is 0.913. The Morgan fingerprint density at radius 1 is 0.372 bits per heavy atom. The molecule has 15 unspecified atom stereocenters. The second-order valence-electron chi connectivity index (χ2n) is 20.5. The maximum atomic E-state index is 12.8. The summed E-state index contributed by atoms with van der Waals surface area (Å²) in [6, 6.07) is -6.57. The summed E-state index contributed by atoms with van der Waals surface area (Å²) in [7, 11) is 0. The standard InChI is InChI=1S/C46H78N4O28/c1-13-29(59)31(61)15(3)69-42(13)68-12-24-40(33(63)25(41(67)70-24)47-16(4)55)78-46-28(50-19(7)58)36(66)39(23(11-54)74-46)77-45-27(49-18(6)57)35(65)38(22(10-53)73-45)76-44-26(48-17(5)56)34(64)37(21(9-52)72-44)75-43-14(2)30(60)32(62)20(8-51)71-43/h13-15,20-46,51-54,59-67H,8-12H2,1-7H3,(H,47,55)(H,48,56)(H,49,57)(H,50,58)/t13?,14?,15-,20?,21?,22?,23?,24?,25?,26?,27?,28?,29?,30+,31+,32+,33+,34?,35+,36?,37+,38+,39+,40+,41?,42+,43-,44-,45-,46-/m0/s1. The first kappa shape index (κ1) is 64.1. The molecule has 450 valence electrons. The van der Waals surface area contributed by atoms with Crippen molar-refractivity contribution in [3.8, 4) is 0 Å². The van der Waals surface area contributed by atoms with Gasteiger partial charge in [-0.15, -0.1) is 0 Å². The Labute approximate surface area is 447 Å². The molecule has 0 aromatic rings. The van der Waals surface area contributed by atoms with Crippen LogP contribution in [0.1, 0.15) is 48.5 Å². The minimum absolute atomic E-state index is 0.549. The summed E-state index contributed by atoms with van der Waals surface area (Å²) in [6.45, 7) is 4.60. The molecule has 0 aromatic carbocycles. The molecule has 0 aromatic heterocycles. The van der Waals surface area contributed by atoms with E-state index in [1.807, 2.05) is 0 Å². The molecule has 0 radical (unpaired) electrons. The largest absolute Gasteiger partial charge is 0.394 e. The van der Waals surface area contributed by atoms with Crippen molar-refractivity contribution in [2.45, 2.75) is 220 Å². The summed E-state index contributed by atoms with van der Waals surface area (Å²) < 4.78 is 65.8. The molecule has 6 saturated heterocycles. The lowest BCUT2D eigenvalue weighted by Gasteiger charge is -2.51. The minimum atomic E-state index is -1.99. The Balaban J connectivity index is 1.23. The van der Waals surface area contributed by atoms with E-state index >= 15 is 0 Å². The van der Waals surface area contributed by atoms with Crippen molar-refractivity contribution in [1.29, 1.82) is 0 Å². The van der Waals surface area contributed by atoms with Gasteiger partial charge in [0.1, 0.15) is 116 Å². The zero-order valence-electron chi connectivity index (χ0n) is 43.8. The number of carbonyl (C=O) groups excluding carboxylic acids is 4. The lowest BCUT2D eigenvalue weighted by molar-refractivity contribution is -0.369. The van der Waals surface area contributed by atoms with Crippen LogP contribution in [0.5, 0.6) is 0 Å². The highest BCUT2D eigenvalue weighted by atomic mass is 16.8. The van der Waals surface area contributed by atoms with Gasteiger partial charge in [-0.2, -0.15) is 0 Å². The Hall–Kier alpha value is -3.08. The number of carbonyl (C=O) groups is 4. The Morgan fingerprint density at radius 3 is 1.08 bits per heavy atom. The van der Waals surface area contributed by atoms with Crippen LogP contribution in [0.3, 0.4) is 0 Å². The molecule has 6 rings (SSSR count). The fourth-order valence-corrected chi connectivity index (χ4v) is 10.4. The van der Waals surface area contributed by atoms with Crippen molar-refractivity contribution in [2.24, 2.45) is 11.8 Å². The first-order valence-corrected chi connectivity index (χ1v) is 25.6. The Bertz CT molecular complexity index is 1970. The van der Waals surface area contributed by atoms with Crippen molar-refractivity contribution in [2.75, 3.05) is 33.0 Å². The summed E-state index contributed by atoms with van der Waals surface area (Å²) in [6.07, 6.45) is -38.5. The van der Waals surface area contributed by atoms with E-state index in [-0.39, 0.29) is 0 Å². The number of aliphatic hydroxyl groups is 13. The number of ether oxygens (including phenoxy) is 11. The first-order chi connectivity index (χ1) is 36.8. The van der Waals surface area contributed by atoms with Crippen LogP contribution in [0.2, 0.25) is 0 Å². The summed E-state index contributed by atoms with van der Waals surface area (Å²) in [5, 5.41) is 152. The van der Waals surface area contributed by atoms with Gasteiger partial charge in [-0.25, -0.2) is 0 Å². The van der Waals surface area contributed by atoms with Gasteiger partial charge in [-0.05, 0) is 6.92 Å². The predicted octanol–water partition coefficient (Wildman–Crippen LogP) is -9.95. The second-order valence-corrected chi connectivity index (χ2v) is 20.5. The van der Waals surface area contributed by atoms with E-state index in [0.717, 1.165) is 27.7 Å². The fourth-order valence-electron chi connectivity index (χ4n) is 10.4. The molecule has 17 N–H and O–H groups in total. The van der Waals surface area contributed by atoms with Gasteiger partial charge >= 0.3 is 0 Å². The highest BCUT2D eigenvalue weighted by Gasteiger charge is 2.58. The molecular formula is C46H78N4O28. The number of amides is 4. The van der Waals surface area contributed by atoms with Gasteiger partial charge in [0.15, 0.2) is 37.7 Å². The number of hydrogen-bond donors (Lipinski definition) is 17. The average Bonchev–Trinajstić information content (AvgIpc) is 3.41. The molecule has 6 heterocycles. The lowest BCUT2D eigenvalue weighted by Crippen LogP contribution is -2.72. The molecule has 32 nitrogen and oxygen atoms in total. The van der Waals surface area contributed by atoms with Gasteiger partial charge in [0.2, 0.25) is 23.6 Å². The predicted molar refractivity (Wildman–Crippen MR) is 250 cm³/mol. The normalized spacial score (nSPS) is 47.1. The van der Waals surface area contributed by atoms with Crippen molar-refractivity contribution >= 4 is 23.6 Å². The molecule has 6 fully saturated rings. The van der Waals surface area contributed by atoms with Crippen molar-refractivity contribution in [3.63, 3.8) is 0 Å². The Kier molecular flexibility index (Phi) is 22.8. The number of nitrogens with one attached hydrogen (secondary N) is 4. The molecule has 4 amide bonds. The minimum Gasteiger partial charge on any atom is -0.394 e. The van der Waals surface area contributed by atoms with E-state index in [2.05, 4.69) is 21.3 Å². The van der Waals surface area contributed by atoms with E-state index in [1.54, 1.807) is 0 Å². The van der Waals surface area contributed by atoms with Crippen LogP contribution in [0.4, 0.5) is 0 Å². The molecule has 0 saturated carbocycles. The SMILES string of the molecule is CC(=O)NC1C(O)[C@H](O[C@@H]2OC(CO)[C@@H](O)[C@H](O)C2C)C(CO)O[C@H]1O[C@@H]1C(CO)O[C@@H](O[C@@H]2C(CO)O[C@@H](O[C@@H]3C(CO[C@@H]4O[C@@H](C)[C@@H](O)C(O)C4C)OC(O)C(NC(C)=O)[C@H]3O)C(NC(C)=O)C2O)C(NC(C)=O)[C@H]1O. The van der Waals surface area contributed by atoms with E-state index in [0.29, 0.717) is 0 Å². The van der Waals surface area contributed by atoms with Crippen LogP contribution < -0.4 is 21.3 Å². The summed E-state index contributed by atoms with van der Waals surface area (Å²) in [4.78, 5) is 50.3. The second kappa shape index (κ2) is 27.8. The number of aliphatic hydroxyl groups excluding tert-OH is 13. The quantitative estimate of drug-likeness (QED) is 0.0571. The summed E-state index contributed by atoms with van der Waals surface area (Å²) in [5.74, 6) is -4.82. The van der Waals surface area contributed by atoms with Gasteiger partial charge in [0.05, 0.1) is 51.3 Å². The number of hydrogen-bond acceptors (Lipinski definition) is 28. The first-order valence-electron chi connectivity index (χ1n) is 25.6. The van der Waals surface area contributed by atoms with Crippen LogP contribution >= 0.6 is 0 Å². The third-order valence-electron chi connectivity index (χ3n) is 14.7. The monoisotopic (exact) mass is 1130 g/mol. The molecule has 6 aliphatic heterocycles. The number of rotatable bonds is 19. The lowest BCUT2D eigenvalue weighted by atomic mass is 9.91. The van der Waals surface area contributed by atoms with Crippen molar-refractivity contribution in [1.82, 2.24) is 21.3 Å². The smallest absolute Gasteiger partial charge is 0.217 e. The van der Waals surface area contributed by atoms with E-state index in [1.165, 1.54) is 20.8 Å². The zero-order valence-corrected chi connectivity index (χ0v) is 43.8. The van der Waals surface area contributed by atoms with Crippen LogP contribution in [-0.2, 0) is 71.3 Å². The third-order valence-corrected chi connectivity index (χ3v) is 14.7. The van der Waals surface area contributed by atoms with E-state index < -0.39 is 240 Å². The molecule has 32 heteroatoms. The van der Waals surface area contributed by atoms with Crippen LogP contribution in [0.15, 0.2) is 0 Å². The molecule has 0 aliphatic carbocycles. The van der Waals surface area contributed by atoms with E-state index in [9.17, 15) is 85.6 Å². The average molecular weight is 1140 g/mol. The molecular weight excluding hydrogens is 1060 g/mol.